The zero-order valence-corrected chi connectivity index (χ0v) is 10.3. The molecule has 0 aliphatic carbocycles. The number of carbonyl (C=O) groups is 1. The van der Waals surface area contributed by atoms with Crippen molar-refractivity contribution in [1.29, 1.82) is 0 Å². The van der Waals surface area contributed by atoms with Gasteiger partial charge in [0.25, 0.3) is 0 Å². The number of benzene rings is 2. The monoisotopic (exact) mass is 300 g/mol. The zero-order chi connectivity index (χ0) is 15.7. The number of carboxylic acids is 1. The highest BCUT2D eigenvalue weighted by atomic mass is 19.2. The van der Waals surface area contributed by atoms with Gasteiger partial charge in [-0.3, -0.25) is 0 Å². The number of hydrogen-bond acceptors (Lipinski definition) is 3. The van der Waals surface area contributed by atoms with E-state index in [4.69, 9.17) is 10.8 Å². The molecule has 0 aliphatic heterocycles. The molecule has 21 heavy (non-hydrogen) atoms. The minimum atomic E-state index is -1.69. The Bertz CT molecular complexity index is 735. The number of aromatic carboxylic acids is 1. The summed E-state index contributed by atoms with van der Waals surface area (Å²) in [5.41, 5.74) is 4.00. The molecule has 0 fully saturated rings. The molecule has 4 nitrogen and oxygen atoms in total. The third-order valence-corrected chi connectivity index (χ3v) is 2.67. The van der Waals surface area contributed by atoms with Gasteiger partial charge in [0.05, 0.1) is 22.6 Å². The first-order chi connectivity index (χ1) is 9.81. The van der Waals surface area contributed by atoms with Gasteiger partial charge < -0.3 is 16.2 Å². The van der Waals surface area contributed by atoms with Crippen molar-refractivity contribution in [2.24, 2.45) is 0 Å². The third-order valence-electron chi connectivity index (χ3n) is 2.67. The molecule has 4 N–H and O–H groups in total. The highest BCUT2D eigenvalue weighted by Gasteiger charge is 2.17. The molecule has 2 aromatic carbocycles. The minimum absolute atomic E-state index is 0.178. The summed E-state index contributed by atoms with van der Waals surface area (Å²) in [7, 11) is 0. The molecule has 0 radical (unpaired) electrons. The predicted molar refractivity (Wildman–Crippen MR) is 67.4 cm³/mol. The fraction of sp³-hybridized carbons (Fsp3) is 0. The Kier molecular flexibility index (Phi) is 3.70. The first kappa shape index (κ1) is 14.6. The summed E-state index contributed by atoms with van der Waals surface area (Å²) in [6.45, 7) is 0. The Morgan fingerprint density at radius 3 is 2.29 bits per heavy atom. The van der Waals surface area contributed by atoms with E-state index in [1.807, 2.05) is 0 Å². The summed E-state index contributed by atoms with van der Waals surface area (Å²) in [6, 6.07) is 3.13. The smallest absolute Gasteiger partial charge is 0.338 e. The molecule has 110 valence electrons. The van der Waals surface area contributed by atoms with Gasteiger partial charge in [-0.1, -0.05) is 0 Å². The van der Waals surface area contributed by atoms with E-state index < -0.39 is 40.5 Å². The number of carboxylic acid groups (broad SMARTS) is 1. The molecule has 0 heterocycles. The van der Waals surface area contributed by atoms with Gasteiger partial charge in [0.15, 0.2) is 17.5 Å². The molecule has 0 unspecified atom stereocenters. The lowest BCUT2D eigenvalue weighted by molar-refractivity contribution is 0.0692. The second kappa shape index (κ2) is 5.31. The Hall–Kier alpha value is -2.77. The number of hydrogen-bond donors (Lipinski definition) is 3. The lowest BCUT2D eigenvalue weighted by atomic mass is 10.1. The van der Waals surface area contributed by atoms with Gasteiger partial charge in [-0.25, -0.2) is 22.4 Å². The van der Waals surface area contributed by atoms with Crippen molar-refractivity contribution in [3.63, 3.8) is 0 Å². The average molecular weight is 300 g/mol. The van der Waals surface area contributed by atoms with Crippen molar-refractivity contribution in [2.45, 2.75) is 0 Å². The number of rotatable bonds is 3. The number of nitrogen functional groups attached to an aromatic ring is 1. The van der Waals surface area contributed by atoms with Crippen molar-refractivity contribution in [1.82, 2.24) is 0 Å². The minimum Gasteiger partial charge on any atom is -0.478 e. The van der Waals surface area contributed by atoms with E-state index in [1.165, 1.54) is 0 Å². The number of anilines is 3. The van der Waals surface area contributed by atoms with Crippen molar-refractivity contribution in [3.05, 3.63) is 53.1 Å². The van der Waals surface area contributed by atoms with Crippen LogP contribution in [-0.4, -0.2) is 11.1 Å². The van der Waals surface area contributed by atoms with Gasteiger partial charge >= 0.3 is 5.97 Å². The predicted octanol–water partition coefficient (Wildman–Crippen LogP) is 3.27. The first-order valence-electron chi connectivity index (χ1n) is 5.54. The topological polar surface area (TPSA) is 75.4 Å². The lowest BCUT2D eigenvalue weighted by Crippen LogP contribution is -2.06. The van der Waals surface area contributed by atoms with E-state index >= 15 is 0 Å². The Balaban J connectivity index is 2.43. The lowest BCUT2D eigenvalue weighted by Gasteiger charge is -2.12. The van der Waals surface area contributed by atoms with Gasteiger partial charge in [0, 0.05) is 6.07 Å². The summed E-state index contributed by atoms with van der Waals surface area (Å²) in [5.74, 6) is -7.20. The molecule has 0 bridgehead atoms. The highest BCUT2D eigenvalue weighted by molar-refractivity contribution is 5.91. The normalized spacial score (nSPS) is 10.5. The van der Waals surface area contributed by atoms with Crippen LogP contribution < -0.4 is 11.1 Å². The van der Waals surface area contributed by atoms with Gasteiger partial charge in [0.2, 0.25) is 0 Å². The van der Waals surface area contributed by atoms with Crippen LogP contribution in [-0.2, 0) is 0 Å². The van der Waals surface area contributed by atoms with E-state index in [-0.39, 0.29) is 11.4 Å². The first-order valence-corrected chi connectivity index (χ1v) is 5.54. The van der Waals surface area contributed by atoms with Crippen LogP contribution in [0.3, 0.4) is 0 Å². The van der Waals surface area contributed by atoms with Crippen LogP contribution >= 0.6 is 0 Å². The maximum atomic E-state index is 13.5. The van der Waals surface area contributed by atoms with Crippen LogP contribution in [0.4, 0.5) is 34.6 Å². The fourth-order valence-electron chi connectivity index (χ4n) is 1.63. The van der Waals surface area contributed by atoms with Gasteiger partial charge in [-0.2, -0.15) is 0 Å². The molecule has 0 spiro atoms. The fourth-order valence-corrected chi connectivity index (χ4v) is 1.63. The van der Waals surface area contributed by atoms with Crippen LogP contribution in [0.15, 0.2) is 24.3 Å². The van der Waals surface area contributed by atoms with Crippen molar-refractivity contribution in [2.75, 3.05) is 11.1 Å². The van der Waals surface area contributed by atoms with E-state index in [9.17, 15) is 22.4 Å². The Morgan fingerprint density at radius 2 is 1.67 bits per heavy atom. The van der Waals surface area contributed by atoms with Crippen LogP contribution in [0.1, 0.15) is 10.4 Å². The van der Waals surface area contributed by atoms with E-state index in [0.29, 0.717) is 6.07 Å². The maximum absolute atomic E-state index is 13.5. The molecule has 0 amide bonds. The van der Waals surface area contributed by atoms with Crippen LogP contribution in [0.2, 0.25) is 0 Å². The standard InChI is InChI=1S/C13H8F4N2O2/c14-6-1-2-9(12(17)11(6)16)19-10-4-7(15)5(13(20)21)3-8(10)18/h1-4,19H,18H2,(H,20,21). The Morgan fingerprint density at radius 1 is 1.00 bits per heavy atom. The molecule has 0 aromatic heterocycles. The molecule has 0 atom stereocenters. The molecular weight excluding hydrogens is 292 g/mol. The molecule has 0 saturated carbocycles. The summed E-state index contributed by atoms with van der Waals surface area (Å²) >= 11 is 0. The molecule has 8 heteroatoms. The van der Waals surface area contributed by atoms with Gasteiger partial charge in [-0.15, -0.1) is 0 Å². The number of halogens is 4. The zero-order valence-electron chi connectivity index (χ0n) is 10.3. The average Bonchev–Trinajstić information content (AvgIpc) is 2.42. The number of nitrogens with one attached hydrogen (secondary N) is 1. The molecule has 2 aromatic rings. The quantitative estimate of drug-likeness (QED) is 0.462. The summed E-state index contributed by atoms with van der Waals surface area (Å²) in [5, 5.41) is 11.0. The maximum Gasteiger partial charge on any atom is 0.338 e. The molecular formula is C13H8F4N2O2. The van der Waals surface area contributed by atoms with E-state index in [0.717, 1.165) is 18.2 Å². The third kappa shape index (κ3) is 2.73. The summed E-state index contributed by atoms with van der Waals surface area (Å²) in [6.07, 6.45) is 0. The molecule has 2 rings (SSSR count). The largest absolute Gasteiger partial charge is 0.478 e. The summed E-state index contributed by atoms with van der Waals surface area (Å²) < 4.78 is 52.9. The van der Waals surface area contributed by atoms with Gasteiger partial charge in [0.1, 0.15) is 5.82 Å². The van der Waals surface area contributed by atoms with Crippen LogP contribution in [0.5, 0.6) is 0 Å². The molecule has 0 saturated heterocycles. The Labute approximate surface area is 115 Å². The van der Waals surface area contributed by atoms with E-state index in [2.05, 4.69) is 5.32 Å². The van der Waals surface area contributed by atoms with Crippen molar-refractivity contribution < 1.29 is 27.5 Å². The second-order valence-electron chi connectivity index (χ2n) is 4.07. The van der Waals surface area contributed by atoms with Gasteiger partial charge in [-0.05, 0) is 18.2 Å². The summed E-state index contributed by atoms with van der Waals surface area (Å²) in [4.78, 5) is 10.7. The van der Waals surface area contributed by atoms with Crippen molar-refractivity contribution in [3.8, 4) is 0 Å². The second-order valence-corrected chi connectivity index (χ2v) is 4.07. The molecule has 0 aliphatic rings. The highest BCUT2D eigenvalue weighted by Crippen LogP contribution is 2.29. The van der Waals surface area contributed by atoms with Crippen LogP contribution in [0, 0.1) is 23.3 Å². The number of nitrogens with two attached hydrogens (primary N) is 1. The van der Waals surface area contributed by atoms with Crippen molar-refractivity contribution >= 4 is 23.0 Å². The van der Waals surface area contributed by atoms with Crippen LogP contribution in [0.25, 0.3) is 0 Å². The van der Waals surface area contributed by atoms with E-state index in [1.54, 1.807) is 0 Å². The SMILES string of the molecule is Nc1cc(C(=O)O)c(F)cc1Nc1ccc(F)c(F)c1F.